The van der Waals surface area contributed by atoms with Crippen molar-refractivity contribution in [3.63, 3.8) is 0 Å². The predicted molar refractivity (Wildman–Crippen MR) is 114 cm³/mol. The SMILES string of the molecule is O=C1NC(=O)C(Cc2ccc3oc(Cc4ccc5cc(Cl)ccc5c4)nc3c2)S1. The molecule has 2 amide bonds. The van der Waals surface area contributed by atoms with Crippen molar-refractivity contribution < 1.29 is 14.0 Å². The van der Waals surface area contributed by atoms with Gasteiger partial charge in [0.25, 0.3) is 5.24 Å². The predicted octanol–water partition coefficient (Wildman–Crippen LogP) is 5.12. The van der Waals surface area contributed by atoms with Crippen molar-refractivity contribution in [2.45, 2.75) is 18.1 Å². The molecule has 29 heavy (non-hydrogen) atoms. The lowest BCUT2D eigenvalue weighted by atomic mass is 10.1. The van der Waals surface area contributed by atoms with E-state index in [1.807, 2.05) is 48.5 Å². The van der Waals surface area contributed by atoms with Crippen molar-refractivity contribution in [2.24, 2.45) is 0 Å². The fraction of sp³-hybridized carbons (Fsp3) is 0.136. The van der Waals surface area contributed by atoms with Crippen LogP contribution in [0.15, 0.2) is 59.0 Å². The van der Waals surface area contributed by atoms with E-state index in [0.29, 0.717) is 24.3 Å². The number of fused-ring (bicyclic) bond motifs is 2. The first-order valence-electron chi connectivity index (χ1n) is 9.11. The molecule has 144 valence electrons. The molecule has 0 saturated carbocycles. The van der Waals surface area contributed by atoms with Crippen LogP contribution in [0.25, 0.3) is 21.9 Å². The average Bonchev–Trinajstić information content (AvgIpc) is 3.23. The van der Waals surface area contributed by atoms with Crippen molar-refractivity contribution in [3.8, 4) is 0 Å². The summed E-state index contributed by atoms with van der Waals surface area (Å²) in [6.07, 6.45) is 1.06. The quantitative estimate of drug-likeness (QED) is 0.494. The molecule has 1 aromatic heterocycles. The van der Waals surface area contributed by atoms with Crippen LogP contribution in [0.4, 0.5) is 4.79 Å². The Labute approximate surface area is 175 Å². The molecule has 3 aromatic carbocycles. The number of hydrogen-bond acceptors (Lipinski definition) is 5. The number of halogens is 1. The molecule has 0 spiro atoms. The van der Waals surface area contributed by atoms with Crippen LogP contribution in [0, 0.1) is 0 Å². The number of thioether (sulfide) groups is 1. The molecule has 1 aliphatic heterocycles. The van der Waals surface area contributed by atoms with E-state index in [4.69, 9.17) is 16.0 Å². The van der Waals surface area contributed by atoms with Crippen molar-refractivity contribution in [1.29, 1.82) is 0 Å². The zero-order valence-electron chi connectivity index (χ0n) is 15.1. The summed E-state index contributed by atoms with van der Waals surface area (Å²) < 4.78 is 5.90. The van der Waals surface area contributed by atoms with Gasteiger partial charge in [-0.3, -0.25) is 14.9 Å². The fourth-order valence-electron chi connectivity index (χ4n) is 3.52. The van der Waals surface area contributed by atoms with Gasteiger partial charge >= 0.3 is 0 Å². The number of imide groups is 1. The van der Waals surface area contributed by atoms with Crippen LogP contribution in [0.1, 0.15) is 17.0 Å². The Kier molecular flexibility index (Phi) is 4.53. The van der Waals surface area contributed by atoms with E-state index in [1.165, 1.54) is 0 Å². The summed E-state index contributed by atoms with van der Waals surface area (Å²) in [7, 11) is 0. The average molecular weight is 423 g/mol. The molecule has 5 nitrogen and oxygen atoms in total. The zero-order valence-corrected chi connectivity index (χ0v) is 16.7. The number of hydrogen-bond donors (Lipinski definition) is 1. The summed E-state index contributed by atoms with van der Waals surface area (Å²) >= 11 is 7.08. The molecule has 0 aliphatic carbocycles. The number of benzene rings is 3. The highest BCUT2D eigenvalue weighted by Crippen LogP contribution is 2.26. The molecular weight excluding hydrogens is 408 g/mol. The highest BCUT2D eigenvalue weighted by atomic mass is 35.5. The molecule has 0 bridgehead atoms. The summed E-state index contributed by atoms with van der Waals surface area (Å²) in [5, 5.41) is 4.57. The van der Waals surface area contributed by atoms with Crippen LogP contribution in [0.5, 0.6) is 0 Å². The Balaban J connectivity index is 1.38. The Bertz CT molecular complexity index is 1280. The molecule has 4 aromatic rings. The van der Waals surface area contributed by atoms with Crippen LogP contribution in [0.3, 0.4) is 0 Å². The number of oxazole rings is 1. The second kappa shape index (κ2) is 7.21. The van der Waals surface area contributed by atoms with E-state index in [0.717, 1.165) is 44.2 Å². The fourth-order valence-corrected chi connectivity index (χ4v) is 4.56. The van der Waals surface area contributed by atoms with Gasteiger partial charge in [0, 0.05) is 11.4 Å². The lowest BCUT2D eigenvalue weighted by molar-refractivity contribution is -0.118. The number of amides is 2. The third-order valence-electron chi connectivity index (χ3n) is 4.91. The minimum Gasteiger partial charge on any atom is -0.440 e. The maximum atomic E-state index is 11.8. The minimum absolute atomic E-state index is 0.237. The minimum atomic E-state index is -0.391. The van der Waals surface area contributed by atoms with Crippen molar-refractivity contribution in [3.05, 3.63) is 76.6 Å². The highest BCUT2D eigenvalue weighted by Gasteiger charge is 2.31. The lowest BCUT2D eigenvalue weighted by Gasteiger charge is -2.04. The maximum absolute atomic E-state index is 11.8. The normalized spacial score (nSPS) is 16.7. The van der Waals surface area contributed by atoms with Gasteiger partial charge in [0.1, 0.15) is 5.52 Å². The van der Waals surface area contributed by atoms with Crippen LogP contribution in [-0.2, 0) is 17.6 Å². The van der Waals surface area contributed by atoms with E-state index in [2.05, 4.69) is 16.4 Å². The Morgan fingerprint density at radius 1 is 1.00 bits per heavy atom. The molecule has 1 atom stereocenters. The van der Waals surface area contributed by atoms with E-state index in [-0.39, 0.29) is 11.1 Å². The highest BCUT2D eigenvalue weighted by molar-refractivity contribution is 8.15. The third kappa shape index (κ3) is 3.73. The molecule has 7 heteroatoms. The number of nitrogens with one attached hydrogen (secondary N) is 1. The molecule has 1 fully saturated rings. The molecule has 1 aliphatic rings. The first kappa shape index (κ1) is 18.2. The number of aromatic nitrogens is 1. The summed E-state index contributed by atoms with van der Waals surface area (Å²) in [6.45, 7) is 0. The topological polar surface area (TPSA) is 72.2 Å². The van der Waals surface area contributed by atoms with Crippen molar-refractivity contribution >= 4 is 56.4 Å². The van der Waals surface area contributed by atoms with Gasteiger partial charge < -0.3 is 4.42 Å². The van der Waals surface area contributed by atoms with Gasteiger partial charge in [-0.1, -0.05) is 53.7 Å². The number of nitrogens with zero attached hydrogens (tertiary/aromatic N) is 1. The second-order valence-corrected chi connectivity index (χ2v) is 8.61. The van der Waals surface area contributed by atoms with Gasteiger partial charge in [-0.2, -0.15) is 0 Å². The Morgan fingerprint density at radius 2 is 1.79 bits per heavy atom. The zero-order chi connectivity index (χ0) is 20.0. The third-order valence-corrected chi connectivity index (χ3v) is 6.12. The van der Waals surface area contributed by atoms with Crippen LogP contribution >= 0.6 is 23.4 Å². The first-order chi connectivity index (χ1) is 14.0. The Morgan fingerprint density at radius 3 is 2.62 bits per heavy atom. The van der Waals surface area contributed by atoms with E-state index in [1.54, 1.807) is 0 Å². The summed E-state index contributed by atoms with van der Waals surface area (Å²) in [5.41, 5.74) is 3.50. The van der Waals surface area contributed by atoms with Crippen LogP contribution in [0.2, 0.25) is 5.02 Å². The summed E-state index contributed by atoms with van der Waals surface area (Å²) in [5.74, 6) is 0.396. The van der Waals surface area contributed by atoms with Gasteiger partial charge in [0.05, 0.1) is 5.25 Å². The van der Waals surface area contributed by atoms with Gasteiger partial charge in [-0.05, 0) is 52.6 Å². The van der Waals surface area contributed by atoms with Crippen LogP contribution in [-0.4, -0.2) is 21.4 Å². The van der Waals surface area contributed by atoms with Gasteiger partial charge in [-0.15, -0.1) is 0 Å². The lowest BCUT2D eigenvalue weighted by Crippen LogP contribution is -2.25. The molecule has 1 unspecified atom stereocenters. The van der Waals surface area contributed by atoms with E-state index in [9.17, 15) is 9.59 Å². The molecule has 2 heterocycles. The summed E-state index contributed by atoms with van der Waals surface area (Å²) in [6, 6.07) is 17.7. The molecule has 1 N–H and O–H groups in total. The number of carbonyl (C=O) groups excluding carboxylic acids is 2. The maximum Gasteiger partial charge on any atom is 0.286 e. The first-order valence-corrected chi connectivity index (χ1v) is 10.4. The van der Waals surface area contributed by atoms with E-state index >= 15 is 0 Å². The molecule has 0 radical (unpaired) electrons. The molecule has 1 saturated heterocycles. The van der Waals surface area contributed by atoms with Gasteiger partial charge in [0.2, 0.25) is 5.91 Å². The molecular formula is C22H15ClN2O3S. The van der Waals surface area contributed by atoms with Gasteiger partial charge in [-0.25, -0.2) is 4.98 Å². The largest absolute Gasteiger partial charge is 0.440 e. The van der Waals surface area contributed by atoms with Gasteiger partial charge in [0.15, 0.2) is 11.5 Å². The van der Waals surface area contributed by atoms with Crippen molar-refractivity contribution in [2.75, 3.05) is 0 Å². The standard InChI is InChI=1S/C22H15ClN2O3S/c23-16-5-4-14-7-12(1-3-15(14)11-16)10-20-24-17-8-13(2-6-18(17)28-20)9-19-21(26)25-22(27)29-19/h1-8,11,19H,9-10H2,(H,25,26,27). The molecule has 5 rings (SSSR count). The smallest absolute Gasteiger partial charge is 0.286 e. The second-order valence-electron chi connectivity index (χ2n) is 7.00. The summed E-state index contributed by atoms with van der Waals surface area (Å²) in [4.78, 5) is 27.7. The monoisotopic (exact) mass is 422 g/mol. The number of carbonyl (C=O) groups is 2. The number of rotatable bonds is 4. The van der Waals surface area contributed by atoms with Crippen LogP contribution < -0.4 is 5.32 Å². The van der Waals surface area contributed by atoms with Crippen molar-refractivity contribution in [1.82, 2.24) is 10.3 Å². The van der Waals surface area contributed by atoms with E-state index < -0.39 is 5.25 Å². The Hall–Kier alpha value is -2.83.